The molecule has 0 aliphatic heterocycles. The summed E-state index contributed by atoms with van der Waals surface area (Å²) < 4.78 is 0. The molecule has 2 aliphatic carbocycles. The van der Waals surface area contributed by atoms with Crippen molar-refractivity contribution in [1.82, 2.24) is 19.9 Å². The number of carbonyl (C=O) groups is 3. The Labute approximate surface area is 715 Å². The minimum Gasteiger partial charge on any atom is -0.512 e. The minimum atomic E-state index is -0.319. The van der Waals surface area contributed by atoms with Gasteiger partial charge in [-0.15, -0.1) is 69.8 Å². The Morgan fingerprint density at radius 3 is 1.06 bits per heavy atom. The number of ketones is 3. The van der Waals surface area contributed by atoms with Gasteiger partial charge < -0.3 is 15.1 Å². The van der Waals surface area contributed by atoms with E-state index < -0.39 is 0 Å². The van der Waals surface area contributed by atoms with Gasteiger partial charge in [0.1, 0.15) is 11.6 Å². The summed E-state index contributed by atoms with van der Waals surface area (Å²) in [5, 5.41) is 19.9. The number of rotatable bonds is 21. The number of hydrogen-bond donors (Lipinski definition) is 1. The predicted molar refractivity (Wildman–Crippen MR) is 492 cm³/mol. The van der Waals surface area contributed by atoms with Crippen molar-refractivity contribution in [2.24, 2.45) is 22.7 Å². The van der Waals surface area contributed by atoms with Crippen molar-refractivity contribution in [3.05, 3.63) is 273 Å². The number of benzene rings is 8. The van der Waals surface area contributed by atoms with Gasteiger partial charge >= 0.3 is 0 Å². The zero-order chi connectivity index (χ0) is 84.0. The molecule has 117 heavy (non-hydrogen) atoms. The molecule has 4 aromatic heterocycles. The standard InChI is InChI=1S/C22H23N.C22H22N.C18H17N.C18H16N.2C14H26O2.Ir/c2*1-15-11-16(2)13-20(12-15)22-21-8-7-18(17-5-3-4-6-17)14-19(21)9-10-23-22;2*1-12-4-5-17-15(9-12)6-7-19-18(17)16-10-13(2)8-14(3)11-16;2*1-6-11(7-2)12(15)10-13(16)14(5,8-3)9-4;/h7-14,17H,3-6H2,1-2H3;7-12,14,17H,3-6H2,1-2H3;4-11H,1-3H3;4-10H,1-3H3;11H,6-10H2,1-5H3;10-11,15H,6-9H2,1-5H3;/q;-1;;-1;;;. The van der Waals surface area contributed by atoms with Crippen LogP contribution in [0.5, 0.6) is 0 Å². The molecule has 0 amide bonds. The van der Waals surface area contributed by atoms with Crippen LogP contribution in [-0.2, 0) is 34.5 Å². The molecule has 2 saturated carbocycles. The fourth-order valence-corrected chi connectivity index (χ4v) is 16.8. The number of aliphatic hydroxyl groups is 1. The third kappa shape index (κ3) is 24.9. The minimum absolute atomic E-state index is 0. The van der Waals surface area contributed by atoms with Crippen LogP contribution in [0.15, 0.2) is 194 Å². The van der Waals surface area contributed by atoms with Crippen molar-refractivity contribution in [1.29, 1.82) is 0 Å². The molecule has 12 aromatic rings. The Balaban J connectivity index is 0.000000176. The maximum absolute atomic E-state index is 12.1. The molecule has 1 N–H and O–H groups in total. The van der Waals surface area contributed by atoms with Gasteiger partial charge in [-0.25, -0.2) is 0 Å². The molecular formula is C108H130IrN4O4-2. The molecule has 4 heterocycles. The van der Waals surface area contributed by atoms with Gasteiger partial charge in [-0.3, -0.25) is 24.4 Å². The fraction of sp³-hybridized carbons (Fsp3) is 0.398. The molecule has 2 aliphatic rings. The molecule has 14 rings (SSSR count). The van der Waals surface area contributed by atoms with Crippen LogP contribution in [0.1, 0.15) is 257 Å². The maximum atomic E-state index is 12.1. The van der Waals surface area contributed by atoms with Gasteiger partial charge in [0, 0.05) is 95.5 Å². The number of aryl methyl sites for hydroxylation is 10. The first kappa shape index (κ1) is 93.1. The van der Waals surface area contributed by atoms with Crippen molar-refractivity contribution < 1.29 is 39.6 Å². The van der Waals surface area contributed by atoms with E-state index in [4.69, 9.17) is 0 Å². The Bertz CT molecular complexity index is 5010. The number of aromatic nitrogens is 4. The normalized spacial score (nSPS) is 13.0. The van der Waals surface area contributed by atoms with Crippen molar-refractivity contribution in [3.8, 4) is 45.0 Å². The van der Waals surface area contributed by atoms with Crippen LogP contribution in [-0.4, -0.2) is 42.4 Å². The van der Waals surface area contributed by atoms with Gasteiger partial charge in [0.05, 0.1) is 23.6 Å². The molecular weight excluding hydrogens is 1610 g/mol. The number of nitrogens with zero attached hydrogens (tertiary/aromatic N) is 4. The monoisotopic (exact) mass is 1740 g/mol. The summed E-state index contributed by atoms with van der Waals surface area (Å²) in [6, 6.07) is 64.2. The number of allylic oxidation sites excluding steroid dienone is 2. The molecule has 0 atom stereocenters. The molecule has 8 aromatic carbocycles. The van der Waals surface area contributed by atoms with Crippen LogP contribution < -0.4 is 0 Å². The number of aliphatic hydroxyl groups excluding tert-OH is 1. The summed E-state index contributed by atoms with van der Waals surface area (Å²) in [6.45, 7) is 41.3. The molecule has 0 unspecified atom stereocenters. The van der Waals surface area contributed by atoms with E-state index in [1.54, 1.807) is 0 Å². The summed E-state index contributed by atoms with van der Waals surface area (Å²) in [4.78, 5) is 54.5. The van der Waals surface area contributed by atoms with Crippen molar-refractivity contribution >= 4 is 60.4 Å². The summed E-state index contributed by atoms with van der Waals surface area (Å²) in [5.74, 6) is 2.27. The van der Waals surface area contributed by atoms with Crippen LogP contribution in [0, 0.1) is 104 Å². The van der Waals surface area contributed by atoms with Crippen LogP contribution >= 0.6 is 0 Å². The summed E-state index contributed by atoms with van der Waals surface area (Å²) in [5.41, 5.74) is 23.8. The van der Waals surface area contributed by atoms with E-state index in [2.05, 4.69) is 259 Å². The Morgan fingerprint density at radius 2 is 0.718 bits per heavy atom. The molecule has 8 nitrogen and oxygen atoms in total. The second kappa shape index (κ2) is 43.9. The number of hydrogen-bond acceptors (Lipinski definition) is 8. The van der Waals surface area contributed by atoms with Crippen LogP contribution in [0.4, 0.5) is 0 Å². The Kier molecular flexibility index (Phi) is 34.9. The molecule has 0 bridgehead atoms. The van der Waals surface area contributed by atoms with E-state index in [-0.39, 0.29) is 72.3 Å². The summed E-state index contributed by atoms with van der Waals surface area (Å²) in [7, 11) is 0. The SMILES string of the molecule is CCC(CC)C(=O)CC(=O)C(C)(CC)CC.CCC(CC)C(O)=CC(=O)C(C)(CC)CC.Cc1[c-]c(-c2nccc3cc(C)ccc23)cc(C)c1.Cc1[c-]c(-c2nccc3cc(C4CCCC4)ccc23)cc(C)c1.Cc1cc(C)cc(-c2nccc3cc(C)ccc23)c1.Cc1cc(C)cc(-c2nccc3cc(C4CCCC4)ccc23)c1.[Ir]. The quantitative estimate of drug-likeness (QED) is 0.0327. The Hall–Kier alpha value is -9.40. The van der Waals surface area contributed by atoms with Gasteiger partial charge in [0.25, 0.3) is 0 Å². The topological polar surface area (TPSA) is 123 Å². The zero-order valence-electron chi connectivity index (χ0n) is 74.0. The maximum Gasteiger partial charge on any atom is 0.164 e. The van der Waals surface area contributed by atoms with E-state index in [1.165, 1.54) is 173 Å². The number of carbonyl (C=O) groups excluding carboxylic acids is 3. The molecule has 617 valence electrons. The summed E-state index contributed by atoms with van der Waals surface area (Å²) in [6.07, 6.45) is 26.8. The van der Waals surface area contributed by atoms with Crippen molar-refractivity contribution in [3.63, 3.8) is 0 Å². The smallest absolute Gasteiger partial charge is 0.164 e. The van der Waals surface area contributed by atoms with Gasteiger partial charge in [-0.1, -0.05) is 241 Å². The van der Waals surface area contributed by atoms with Crippen LogP contribution in [0.2, 0.25) is 0 Å². The average Bonchev–Trinajstić information content (AvgIpc) is 1.64. The fourth-order valence-electron chi connectivity index (χ4n) is 16.8. The summed E-state index contributed by atoms with van der Waals surface area (Å²) >= 11 is 0. The van der Waals surface area contributed by atoms with Crippen LogP contribution in [0.3, 0.4) is 0 Å². The largest absolute Gasteiger partial charge is 0.512 e. The van der Waals surface area contributed by atoms with Gasteiger partial charge in [-0.05, 0) is 234 Å². The van der Waals surface area contributed by atoms with E-state index in [1.807, 2.05) is 94.0 Å². The third-order valence-corrected chi connectivity index (χ3v) is 24.7. The first-order valence-electron chi connectivity index (χ1n) is 43.3. The molecule has 1 radical (unpaired) electrons. The van der Waals surface area contributed by atoms with E-state index in [9.17, 15) is 19.5 Å². The van der Waals surface area contributed by atoms with Gasteiger partial charge in [-0.2, -0.15) is 0 Å². The van der Waals surface area contributed by atoms with Crippen molar-refractivity contribution in [2.45, 2.75) is 259 Å². The van der Waals surface area contributed by atoms with E-state index >= 15 is 0 Å². The molecule has 0 saturated heterocycles. The first-order valence-corrected chi connectivity index (χ1v) is 43.3. The molecule has 9 heteroatoms. The number of pyridine rings is 4. The predicted octanol–water partition coefficient (Wildman–Crippen LogP) is 29.6. The van der Waals surface area contributed by atoms with Gasteiger partial charge in [0.2, 0.25) is 0 Å². The number of Topliss-reactive ketones (excluding diaryl/α,β-unsaturated/α-hetero) is 2. The van der Waals surface area contributed by atoms with E-state index in [0.29, 0.717) is 0 Å². The second-order valence-electron chi connectivity index (χ2n) is 33.8. The number of fused-ring (bicyclic) bond motifs is 4. The van der Waals surface area contributed by atoms with Crippen LogP contribution in [0.25, 0.3) is 88.1 Å². The Morgan fingerprint density at radius 1 is 0.393 bits per heavy atom. The molecule has 2 fully saturated rings. The zero-order valence-corrected chi connectivity index (χ0v) is 76.4. The van der Waals surface area contributed by atoms with E-state index in [0.717, 1.165) is 103 Å². The first-order chi connectivity index (χ1) is 55.6. The average molecular weight is 1740 g/mol. The van der Waals surface area contributed by atoms with Gasteiger partial charge in [0.15, 0.2) is 5.78 Å². The second-order valence-corrected chi connectivity index (χ2v) is 33.8. The third-order valence-electron chi connectivity index (χ3n) is 24.7. The molecule has 0 spiro atoms. The van der Waals surface area contributed by atoms with Crippen molar-refractivity contribution in [2.75, 3.05) is 0 Å².